The lowest BCUT2D eigenvalue weighted by atomic mass is 10.2. The van der Waals surface area contributed by atoms with Crippen LogP contribution in [0.25, 0.3) is 0 Å². The average molecular weight is 416 g/mol. The molecule has 0 unspecified atom stereocenters. The van der Waals surface area contributed by atoms with E-state index in [9.17, 15) is 8.78 Å². The van der Waals surface area contributed by atoms with Crippen molar-refractivity contribution >= 4 is 40.7 Å². The largest absolute Gasteiger partial charge is 0.396 e. The molecule has 6 nitrogen and oxygen atoms in total. The van der Waals surface area contributed by atoms with Crippen LogP contribution in [-0.2, 0) is 6.54 Å². The molecule has 0 aliphatic carbocycles. The van der Waals surface area contributed by atoms with Gasteiger partial charge in [0.15, 0.2) is 16.8 Å². The van der Waals surface area contributed by atoms with Gasteiger partial charge in [0.2, 0.25) is 0 Å². The number of rotatable bonds is 7. The summed E-state index contributed by atoms with van der Waals surface area (Å²) in [5, 5.41) is 13.1. The lowest BCUT2D eigenvalue weighted by molar-refractivity contribution is 0.0257. The molecule has 1 aliphatic heterocycles. The number of halogens is 3. The lowest BCUT2D eigenvalue weighted by Crippen LogP contribution is -2.27. The Labute approximate surface area is 165 Å². The topological polar surface area (TPSA) is 87.3 Å². The summed E-state index contributed by atoms with van der Waals surface area (Å²) < 4.78 is 27.3. The Balaban J connectivity index is 1.87. The van der Waals surface area contributed by atoms with E-state index in [1.165, 1.54) is 16.7 Å². The normalized spacial score (nSPS) is 15.9. The van der Waals surface area contributed by atoms with Gasteiger partial charge >= 0.3 is 0 Å². The smallest absolute Gasteiger partial charge is 0.266 e. The third kappa shape index (κ3) is 4.91. The molecule has 0 radical (unpaired) electrons. The van der Waals surface area contributed by atoms with Gasteiger partial charge in [0.1, 0.15) is 5.69 Å². The van der Waals surface area contributed by atoms with Gasteiger partial charge in [-0.2, -0.15) is 0 Å². The summed E-state index contributed by atoms with van der Waals surface area (Å²) in [6.45, 7) is 0.0725. The fourth-order valence-electron chi connectivity index (χ4n) is 2.75. The molecule has 27 heavy (non-hydrogen) atoms. The van der Waals surface area contributed by atoms with Gasteiger partial charge in [-0.25, -0.2) is 18.7 Å². The van der Waals surface area contributed by atoms with E-state index >= 15 is 0 Å². The molecule has 0 amide bonds. The molecule has 1 saturated heterocycles. The van der Waals surface area contributed by atoms with Gasteiger partial charge in [0, 0.05) is 30.3 Å². The fraction of sp³-hybridized carbons (Fsp3) is 0.412. The fourth-order valence-corrected chi connectivity index (χ4v) is 3.54. The Morgan fingerprint density at radius 2 is 2.11 bits per heavy atom. The van der Waals surface area contributed by atoms with Crippen LogP contribution < -0.4 is 16.0 Å². The van der Waals surface area contributed by atoms with E-state index in [1.54, 1.807) is 6.07 Å². The number of alkyl halides is 2. The van der Waals surface area contributed by atoms with Crippen molar-refractivity contribution in [3.8, 4) is 0 Å². The number of anilines is 3. The maximum atomic E-state index is 13.6. The van der Waals surface area contributed by atoms with Crippen molar-refractivity contribution < 1.29 is 13.9 Å². The predicted octanol–water partition coefficient (Wildman–Crippen LogP) is 3.25. The first kappa shape index (κ1) is 19.9. The maximum absolute atomic E-state index is 13.6. The monoisotopic (exact) mass is 415 g/mol. The summed E-state index contributed by atoms with van der Waals surface area (Å²) in [7, 11) is 0. The molecule has 2 heterocycles. The summed E-state index contributed by atoms with van der Waals surface area (Å²) in [6.07, 6.45) is -0.238. The average Bonchev–Trinajstić information content (AvgIpc) is 3.00. The van der Waals surface area contributed by atoms with Gasteiger partial charge in [0.25, 0.3) is 5.92 Å². The van der Waals surface area contributed by atoms with E-state index in [0.29, 0.717) is 28.3 Å². The van der Waals surface area contributed by atoms with Crippen LogP contribution in [0.5, 0.6) is 0 Å². The minimum Gasteiger partial charge on any atom is -0.396 e. The van der Waals surface area contributed by atoms with Crippen LogP contribution in [0.1, 0.15) is 12.0 Å². The van der Waals surface area contributed by atoms with E-state index in [-0.39, 0.29) is 31.1 Å². The molecule has 0 atom stereocenters. The highest BCUT2D eigenvalue weighted by atomic mass is 35.5. The van der Waals surface area contributed by atoms with Crippen molar-refractivity contribution in [1.29, 1.82) is 0 Å². The molecule has 2 aromatic rings. The van der Waals surface area contributed by atoms with Crippen molar-refractivity contribution in [2.75, 3.05) is 41.4 Å². The number of nitrogens with two attached hydrogens (primary N) is 1. The van der Waals surface area contributed by atoms with Gasteiger partial charge in [-0.15, -0.1) is 0 Å². The summed E-state index contributed by atoms with van der Waals surface area (Å²) in [6, 6.07) is 7.35. The van der Waals surface area contributed by atoms with Gasteiger partial charge < -0.3 is 21.1 Å². The Morgan fingerprint density at radius 3 is 2.78 bits per heavy atom. The molecular weight excluding hydrogens is 396 g/mol. The molecular formula is C17H20ClF2N5OS. The zero-order valence-electron chi connectivity index (χ0n) is 14.5. The SMILES string of the molecule is Nc1c(NCc2ccccc2Cl)nc(SCCO)nc1N1CCC(F)(F)C1. The number of benzene rings is 1. The number of aromatic nitrogens is 2. The summed E-state index contributed by atoms with van der Waals surface area (Å²) in [4.78, 5) is 10.2. The van der Waals surface area contributed by atoms with Crippen molar-refractivity contribution in [2.24, 2.45) is 0 Å². The van der Waals surface area contributed by atoms with Crippen LogP contribution in [0.3, 0.4) is 0 Å². The zero-order valence-corrected chi connectivity index (χ0v) is 16.0. The van der Waals surface area contributed by atoms with Crippen LogP contribution in [0.4, 0.5) is 26.1 Å². The Kier molecular flexibility index (Phi) is 6.23. The first-order valence-corrected chi connectivity index (χ1v) is 9.77. The minimum absolute atomic E-state index is 0.0437. The number of nitrogen functional groups attached to an aromatic ring is 1. The number of nitrogens with zero attached hydrogens (tertiary/aromatic N) is 3. The lowest BCUT2D eigenvalue weighted by Gasteiger charge is -2.21. The molecule has 0 saturated carbocycles. The van der Waals surface area contributed by atoms with Gasteiger partial charge in [-0.3, -0.25) is 0 Å². The number of aliphatic hydroxyl groups is 1. The second-order valence-corrected chi connectivity index (χ2v) is 7.61. The number of hydrogen-bond acceptors (Lipinski definition) is 7. The molecule has 1 aliphatic rings. The van der Waals surface area contributed by atoms with Crippen molar-refractivity contribution in [1.82, 2.24) is 9.97 Å². The molecule has 10 heteroatoms. The van der Waals surface area contributed by atoms with Crippen LogP contribution in [0, 0.1) is 0 Å². The first-order valence-electron chi connectivity index (χ1n) is 8.41. The number of thioether (sulfide) groups is 1. The molecule has 1 aromatic carbocycles. The van der Waals surface area contributed by atoms with E-state index in [1.807, 2.05) is 18.2 Å². The summed E-state index contributed by atoms with van der Waals surface area (Å²) in [5.41, 5.74) is 7.26. The Bertz CT molecular complexity index is 811. The number of hydrogen-bond donors (Lipinski definition) is 3. The molecule has 0 spiro atoms. The quantitative estimate of drug-likeness (QED) is 0.472. The minimum atomic E-state index is -2.76. The van der Waals surface area contributed by atoms with E-state index in [2.05, 4.69) is 15.3 Å². The van der Waals surface area contributed by atoms with E-state index < -0.39 is 12.5 Å². The Hall–Kier alpha value is -1.84. The second kappa shape index (κ2) is 8.45. The van der Waals surface area contributed by atoms with Crippen LogP contribution in [0.2, 0.25) is 5.02 Å². The van der Waals surface area contributed by atoms with Crippen molar-refractivity contribution in [3.63, 3.8) is 0 Å². The standard InChI is InChI=1S/C17H20ClF2N5OS/c18-12-4-2-1-3-11(12)9-22-14-13(21)15(24-16(23-14)27-8-7-26)25-6-5-17(19,20)10-25/h1-4,26H,5-10,21H2,(H,22,23,24). The van der Waals surface area contributed by atoms with Crippen LogP contribution >= 0.6 is 23.4 Å². The summed E-state index contributed by atoms with van der Waals surface area (Å²) >= 11 is 7.40. The Morgan fingerprint density at radius 1 is 1.33 bits per heavy atom. The first-order chi connectivity index (χ1) is 12.9. The highest BCUT2D eigenvalue weighted by molar-refractivity contribution is 7.99. The molecule has 1 aromatic heterocycles. The molecule has 4 N–H and O–H groups in total. The van der Waals surface area contributed by atoms with E-state index in [4.69, 9.17) is 22.4 Å². The number of aliphatic hydroxyl groups excluding tert-OH is 1. The maximum Gasteiger partial charge on any atom is 0.266 e. The van der Waals surface area contributed by atoms with Gasteiger partial charge in [-0.05, 0) is 11.6 Å². The van der Waals surface area contributed by atoms with Gasteiger partial charge in [0.05, 0.1) is 13.2 Å². The molecule has 0 bridgehead atoms. The van der Waals surface area contributed by atoms with Crippen molar-refractivity contribution in [3.05, 3.63) is 34.9 Å². The molecule has 3 rings (SSSR count). The van der Waals surface area contributed by atoms with Crippen LogP contribution in [0.15, 0.2) is 29.4 Å². The molecule has 146 valence electrons. The third-order valence-corrected chi connectivity index (χ3v) is 5.30. The second-order valence-electron chi connectivity index (χ2n) is 6.14. The highest BCUT2D eigenvalue weighted by Crippen LogP contribution is 2.36. The molecule has 1 fully saturated rings. The van der Waals surface area contributed by atoms with Gasteiger partial charge in [-0.1, -0.05) is 41.6 Å². The predicted molar refractivity (Wildman–Crippen MR) is 105 cm³/mol. The highest BCUT2D eigenvalue weighted by Gasteiger charge is 2.39. The number of nitrogens with one attached hydrogen (secondary N) is 1. The zero-order chi connectivity index (χ0) is 19.4. The van der Waals surface area contributed by atoms with E-state index in [0.717, 1.165) is 5.56 Å². The summed E-state index contributed by atoms with van der Waals surface area (Å²) in [5.74, 6) is -1.73. The van der Waals surface area contributed by atoms with Crippen molar-refractivity contribution in [2.45, 2.75) is 24.0 Å². The van der Waals surface area contributed by atoms with Crippen LogP contribution in [-0.4, -0.2) is 46.4 Å². The third-order valence-electron chi connectivity index (χ3n) is 4.10.